The van der Waals surface area contributed by atoms with Crippen molar-refractivity contribution in [3.8, 4) is 0 Å². The van der Waals surface area contributed by atoms with Crippen LogP contribution < -0.4 is 0 Å². The highest BCUT2D eigenvalue weighted by atomic mass is 35.5. The van der Waals surface area contributed by atoms with Crippen molar-refractivity contribution >= 4 is 23.4 Å². The van der Waals surface area contributed by atoms with Gasteiger partial charge in [0.1, 0.15) is 11.8 Å². The molecule has 1 rings (SSSR count). The summed E-state index contributed by atoms with van der Waals surface area (Å²) in [6.45, 7) is 3.94. The van der Waals surface area contributed by atoms with Crippen molar-refractivity contribution < 1.29 is 19.1 Å². The molecule has 1 aromatic rings. The van der Waals surface area contributed by atoms with Crippen LogP contribution in [0.5, 0.6) is 0 Å². The Kier molecular flexibility index (Phi) is 6.09. The molecule has 102 valence electrons. The van der Waals surface area contributed by atoms with Gasteiger partial charge in [-0.25, -0.2) is 4.79 Å². The fraction of sp³-hybridized carbons (Fsp3) is 0.286. The van der Waals surface area contributed by atoms with Crippen LogP contribution in [0.25, 0.3) is 0 Å². The molecule has 0 radical (unpaired) electrons. The maximum atomic E-state index is 12.3. The Bertz CT molecular complexity index is 494. The Morgan fingerprint density at radius 2 is 1.89 bits per heavy atom. The Labute approximate surface area is 117 Å². The van der Waals surface area contributed by atoms with E-state index < -0.39 is 11.8 Å². The number of ether oxygens (including phenoxy) is 2. The van der Waals surface area contributed by atoms with Gasteiger partial charge >= 0.3 is 5.97 Å². The van der Waals surface area contributed by atoms with E-state index in [-0.39, 0.29) is 22.8 Å². The normalized spacial score (nSPS) is 11.0. The molecule has 0 fully saturated rings. The van der Waals surface area contributed by atoms with Crippen molar-refractivity contribution in [2.75, 3.05) is 13.2 Å². The monoisotopic (exact) mass is 282 g/mol. The van der Waals surface area contributed by atoms with Crippen LogP contribution in [0.15, 0.2) is 36.1 Å². The number of carbonyl (C=O) groups is 2. The third-order valence-electron chi connectivity index (χ3n) is 2.23. The van der Waals surface area contributed by atoms with Crippen molar-refractivity contribution in [3.05, 3.63) is 46.7 Å². The average Bonchev–Trinajstić information content (AvgIpc) is 2.39. The van der Waals surface area contributed by atoms with E-state index >= 15 is 0 Å². The van der Waals surface area contributed by atoms with Crippen LogP contribution in [0.1, 0.15) is 24.2 Å². The zero-order valence-corrected chi connectivity index (χ0v) is 11.6. The molecule has 19 heavy (non-hydrogen) atoms. The first-order chi connectivity index (χ1) is 9.11. The lowest BCUT2D eigenvalue weighted by molar-refractivity contribution is -0.138. The SMILES string of the molecule is CCO/C=C(/C(=O)OCC)C(=O)c1ccccc1Cl. The van der Waals surface area contributed by atoms with Crippen LogP contribution in [0.3, 0.4) is 0 Å². The number of Topliss-reactive ketones (excluding diaryl/α,β-unsaturated/α-hetero) is 1. The van der Waals surface area contributed by atoms with Gasteiger partial charge < -0.3 is 9.47 Å². The van der Waals surface area contributed by atoms with Gasteiger partial charge in [-0.2, -0.15) is 0 Å². The quantitative estimate of drug-likeness (QED) is 0.201. The highest BCUT2D eigenvalue weighted by molar-refractivity contribution is 6.36. The topological polar surface area (TPSA) is 52.6 Å². The summed E-state index contributed by atoms with van der Waals surface area (Å²) in [4.78, 5) is 24.0. The van der Waals surface area contributed by atoms with Crippen LogP contribution in [0.4, 0.5) is 0 Å². The molecule has 0 atom stereocenters. The second-order valence-corrected chi connectivity index (χ2v) is 3.92. The third kappa shape index (κ3) is 4.10. The molecule has 0 N–H and O–H groups in total. The van der Waals surface area contributed by atoms with Gasteiger partial charge in [-0.05, 0) is 26.0 Å². The van der Waals surface area contributed by atoms with E-state index in [1.807, 2.05) is 0 Å². The van der Waals surface area contributed by atoms with Crippen LogP contribution in [-0.2, 0) is 14.3 Å². The van der Waals surface area contributed by atoms with E-state index in [4.69, 9.17) is 21.1 Å². The van der Waals surface area contributed by atoms with Gasteiger partial charge in [0.25, 0.3) is 0 Å². The summed E-state index contributed by atoms with van der Waals surface area (Å²) in [5.74, 6) is -1.24. The summed E-state index contributed by atoms with van der Waals surface area (Å²) in [5, 5.41) is 0.277. The van der Waals surface area contributed by atoms with Crippen molar-refractivity contribution in [2.24, 2.45) is 0 Å². The Morgan fingerprint density at radius 3 is 2.47 bits per heavy atom. The van der Waals surface area contributed by atoms with Crippen LogP contribution >= 0.6 is 11.6 Å². The lowest BCUT2D eigenvalue weighted by atomic mass is 10.0. The average molecular weight is 283 g/mol. The Balaban J connectivity index is 3.08. The molecular weight excluding hydrogens is 268 g/mol. The van der Waals surface area contributed by atoms with E-state index in [1.165, 1.54) is 0 Å². The number of hydrogen-bond acceptors (Lipinski definition) is 4. The highest BCUT2D eigenvalue weighted by Crippen LogP contribution is 2.19. The number of halogens is 1. The van der Waals surface area contributed by atoms with Gasteiger partial charge in [0, 0.05) is 5.56 Å². The van der Waals surface area contributed by atoms with Gasteiger partial charge in [-0.15, -0.1) is 0 Å². The number of esters is 1. The predicted octanol–water partition coefficient (Wildman–Crippen LogP) is 3.01. The minimum absolute atomic E-state index is 0.170. The molecule has 1 aromatic carbocycles. The number of benzene rings is 1. The maximum absolute atomic E-state index is 12.3. The van der Waals surface area contributed by atoms with Gasteiger partial charge in [-0.3, -0.25) is 4.79 Å². The highest BCUT2D eigenvalue weighted by Gasteiger charge is 2.23. The van der Waals surface area contributed by atoms with Crippen LogP contribution in [0, 0.1) is 0 Å². The molecule has 0 aromatic heterocycles. The predicted molar refractivity (Wildman–Crippen MR) is 72.1 cm³/mol. The molecule has 0 amide bonds. The number of rotatable bonds is 6. The second kappa shape index (κ2) is 7.59. The molecule has 0 aliphatic heterocycles. The first-order valence-electron chi connectivity index (χ1n) is 5.89. The molecule has 0 unspecified atom stereocenters. The van der Waals surface area contributed by atoms with Crippen LogP contribution in [-0.4, -0.2) is 25.0 Å². The van der Waals surface area contributed by atoms with Gasteiger partial charge in [-0.1, -0.05) is 23.7 Å². The Morgan fingerprint density at radius 1 is 1.21 bits per heavy atom. The fourth-order valence-electron chi connectivity index (χ4n) is 1.36. The van der Waals surface area contributed by atoms with E-state index in [2.05, 4.69) is 0 Å². The van der Waals surface area contributed by atoms with Gasteiger partial charge in [0.15, 0.2) is 0 Å². The molecule has 0 saturated carbocycles. The van der Waals surface area contributed by atoms with Gasteiger partial charge in [0.05, 0.1) is 18.2 Å². The number of hydrogen-bond donors (Lipinski definition) is 0. The molecule has 0 spiro atoms. The summed E-state index contributed by atoms with van der Waals surface area (Å²) in [7, 11) is 0. The lowest BCUT2D eigenvalue weighted by Gasteiger charge is -2.07. The summed E-state index contributed by atoms with van der Waals surface area (Å²) in [5.41, 5.74) is 0.0694. The van der Waals surface area contributed by atoms with Crippen LogP contribution in [0.2, 0.25) is 5.02 Å². The zero-order valence-electron chi connectivity index (χ0n) is 10.8. The molecule has 0 aliphatic carbocycles. The maximum Gasteiger partial charge on any atom is 0.345 e. The summed E-state index contributed by atoms with van der Waals surface area (Å²) < 4.78 is 9.85. The largest absolute Gasteiger partial charge is 0.500 e. The molecule has 0 saturated heterocycles. The third-order valence-corrected chi connectivity index (χ3v) is 2.56. The second-order valence-electron chi connectivity index (χ2n) is 3.52. The Hall–Kier alpha value is -1.81. The van der Waals surface area contributed by atoms with Crippen molar-refractivity contribution in [3.63, 3.8) is 0 Å². The minimum Gasteiger partial charge on any atom is -0.500 e. The fourth-order valence-corrected chi connectivity index (χ4v) is 1.58. The summed E-state index contributed by atoms with van der Waals surface area (Å²) in [6, 6.07) is 6.50. The van der Waals surface area contributed by atoms with Crippen molar-refractivity contribution in [1.82, 2.24) is 0 Å². The molecule has 5 heteroatoms. The molecule has 0 heterocycles. The van der Waals surface area contributed by atoms with Crippen molar-refractivity contribution in [1.29, 1.82) is 0 Å². The lowest BCUT2D eigenvalue weighted by Crippen LogP contribution is -2.17. The summed E-state index contributed by atoms with van der Waals surface area (Å²) >= 11 is 5.94. The number of ketones is 1. The minimum atomic E-state index is -0.721. The first-order valence-corrected chi connectivity index (χ1v) is 6.27. The van der Waals surface area contributed by atoms with E-state index in [9.17, 15) is 9.59 Å². The smallest absolute Gasteiger partial charge is 0.345 e. The van der Waals surface area contributed by atoms with Crippen molar-refractivity contribution in [2.45, 2.75) is 13.8 Å². The zero-order chi connectivity index (χ0) is 14.3. The van der Waals surface area contributed by atoms with Gasteiger partial charge in [0.2, 0.25) is 5.78 Å². The molecular formula is C14H15ClO4. The number of carbonyl (C=O) groups excluding carboxylic acids is 2. The van der Waals surface area contributed by atoms with E-state index in [0.29, 0.717) is 6.61 Å². The van der Waals surface area contributed by atoms with E-state index in [0.717, 1.165) is 6.26 Å². The first kappa shape index (κ1) is 15.2. The standard InChI is InChI=1S/C14H15ClO4/c1-3-18-9-11(14(17)19-4-2)13(16)10-7-5-6-8-12(10)15/h5-9H,3-4H2,1-2H3/b11-9+. The summed E-state index contributed by atoms with van der Waals surface area (Å²) in [6.07, 6.45) is 1.11. The molecule has 4 nitrogen and oxygen atoms in total. The van der Waals surface area contributed by atoms with E-state index in [1.54, 1.807) is 38.1 Å². The molecule has 0 bridgehead atoms. The molecule has 0 aliphatic rings.